The van der Waals surface area contributed by atoms with Gasteiger partial charge in [0.1, 0.15) is 13.2 Å². The number of hydrogen-bond acceptors (Lipinski definition) is 9. The number of carbonyl (C=O) groups excluding carboxylic acids is 2. The summed E-state index contributed by atoms with van der Waals surface area (Å²) in [5.41, 5.74) is 1.76. The summed E-state index contributed by atoms with van der Waals surface area (Å²) in [6, 6.07) is -0.819. The fourth-order valence-electron chi connectivity index (χ4n) is 4.40. The second kappa shape index (κ2) is 12.4. The minimum absolute atomic E-state index is 0.239. The van der Waals surface area contributed by atoms with E-state index in [1.54, 1.807) is 37.4 Å². The highest BCUT2D eigenvalue weighted by atomic mass is 32.2. The lowest BCUT2D eigenvalue weighted by Crippen LogP contribution is -2.44. The van der Waals surface area contributed by atoms with E-state index in [0.29, 0.717) is 46.9 Å². The number of allylic oxidation sites excluding steroid dienone is 2. The van der Waals surface area contributed by atoms with Crippen LogP contribution in [0.4, 0.5) is 0 Å². The van der Waals surface area contributed by atoms with Gasteiger partial charge in [-0.25, -0.2) is 9.59 Å². The van der Waals surface area contributed by atoms with Crippen molar-refractivity contribution in [3.8, 4) is 0 Å². The third kappa shape index (κ3) is 6.41. The number of dihydropyridines is 1. The molecule has 1 N–H and O–H groups in total. The molecule has 0 radical (unpaired) electrons. The predicted octanol–water partition coefficient (Wildman–Crippen LogP) is 3.40. The molecule has 8 nitrogen and oxygen atoms in total. The monoisotopic (exact) mass is 472 g/mol. The normalized spacial score (nSPS) is 22.2. The molecule has 0 aromatic rings. The Bertz CT molecular complexity index is 708. The van der Waals surface area contributed by atoms with Crippen molar-refractivity contribution < 1.29 is 24.0 Å². The van der Waals surface area contributed by atoms with Gasteiger partial charge in [-0.3, -0.25) is 10.1 Å². The topological polar surface area (TPSA) is 108 Å². The van der Waals surface area contributed by atoms with Crippen molar-refractivity contribution in [2.45, 2.75) is 45.6 Å². The first-order chi connectivity index (χ1) is 14.8. The molecule has 1 aliphatic heterocycles. The van der Waals surface area contributed by atoms with Crippen LogP contribution in [0, 0.1) is 22.0 Å². The van der Waals surface area contributed by atoms with Crippen molar-refractivity contribution in [3.63, 3.8) is 0 Å². The molecule has 31 heavy (non-hydrogen) atoms. The standard InChI is InChI=1S/C21H32N2O6S2/c1-13-17(20(24)28-9-11-30-3)19(15-7-5-6-8-16(15)23(26)27)18(14(2)22-13)21(25)29-10-12-31-4/h15-16,19,22H,5-12H2,1-4H3. The number of nitro groups is 1. The highest BCUT2D eigenvalue weighted by Gasteiger charge is 2.48. The van der Waals surface area contributed by atoms with Gasteiger partial charge in [0.15, 0.2) is 0 Å². The summed E-state index contributed by atoms with van der Waals surface area (Å²) < 4.78 is 10.9. The van der Waals surface area contributed by atoms with Crippen LogP contribution >= 0.6 is 23.5 Å². The van der Waals surface area contributed by atoms with Crippen molar-refractivity contribution >= 4 is 35.5 Å². The Kier molecular flexibility index (Phi) is 10.2. The number of thioether (sulfide) groups is 2. The molecule has 1 heterocycles. The molecule has 2 rings (SSSR count). The van der Waals surface area contributed by atoms with E-state index in [9.17, 15) is 19.7 Å². The molecule has 174 valence electrons. The lowest BCUT2D eigenvalue weighted by Gasteiger charge is -2.37. The Morgan fingerprint density at radius 3 is 1.94 bits per heavy atom. The first-order valence-electron chi connectivity index (χ1n) is 10.5. The Hall–Kier alpha value is -1.68. The lowest BCUT2D eigenvalue weighted by molar-refractivity contribution is -0.537. The molecule has 0 aromatic heterocycles. The Balaban J connectivity index is 2.47. The average Bonchev–Trinajstić information content (AvgIpc) is 2.73. The molecule has 2 atom stereocenters. The minimum atomic E-state index is -0.819. The first-order valence-corrected chi connectivity index (χ1v) is 13.3. The van der Waals surface area contributed by atoms with Crippen LogP contribution in [0.5, 0.6) is 0 Å². The fourth-order valence-corrected chi connectivity index (χ4v) is 4.90. The molecule has 1 fully saturated rings. The van der Waals surface area contributed by atoms with Crippen LogP contribution in [0.15, 0.2) is 22.5 Å². The number of rotatable bonds is 10. The molecule has 0 bridgehead atoms. The van der Waals surface area contributed by atoms with Gasteiger partial charge < -0.3 is 14.8 Å². The highest BCUT2D eigenvalue weighted by Crippen LogP contribution is 2.43. The van der Waals surface area contributed by atoms with E-state index in [1.165, 1.54) is 0 Å². The van der Waals surface area contributed by atoms with E-state index in [4.69, 9.17) is 9.47 Å². The summed E-state index contributed by atoms with van der Waals surface area (Å²) in [5.74, 6) is -0.953. The molecule has 2 aliphatic rings. The van der Waals surface area contributed by atoms with Crippen molar-refractivity contribution in [1.82, 2.24) is 5.32 Å². The van der Waals surface area contributed by atoms with Crippen molar-refractivity contribution in [1.29, 1.82) is 0 Å². The zero-order valence-corrected chi connectivity index (χ0v) is 20.2. The molecule has 0 saturated heterocycles. The number of nitrogens with one attached hydrogen (secondary N) is 1. The molecule has 1 saturated carbocycles. The molecule has 0 amide bonds. The number of nitrogens with zero attached hydrogens (tertiary/aromatic N) is 1. The van der Waals surface area contributed by atoms with Gasteiger partial charge in [-0.2, -0.15) is 23.5 Å². The van der Waals surface area contributed by atoms with Gasteiger partial charge in [0.25, 0.3) is 0 Å². The van der Waals surface area contributed by atoms with Crippen LogP contribution in [0.3, 0.4) is 0 Å². The van der Waals surface area contributed by atoms with E-state index in [1.807, 2.05) is 12.5 Å². The van der Waals surface area contributed by atoms with Crippen LogP contribution in [-0.4, -0.2) is 60.1 Å². The van der Waals surface area contributed by atoms with Crippen LogP contribution in [0.2, 0.25) is 0 Å². The van der Waals surface area contributed by atoms with E-state index in [0.717, 1.165) is 12.8 Å². The molecule has 10 heteroatoms. The molecule has 0 spiro atoms. The summed E-state index contributed by atoms with van der Waals surface area (Å²) in [7, 11) is 0. The van der Waals surface area contributed by atoms with Gasteiger partial charge in [-0.15, -0.1) is 0 Å². The van der Waals surface area contributed by atoms with Gasteiger partial charge in [-0.1, -0.05) is 6.42 Å². The fraction of sp³-hybridized carbons (Fsp3) is 0.714. The molecule has 2 unspecified atom stereocenters. The number of carbonyl (C=O) groups is 2. The summed E-state index contributed by atoms with van der Waals surface area (Å²) >= 11 is 3.12. The summed E-state index contributed by atoms with van der Waals surface area (Å²) in [5, 5.41) is 15.0. The van der Waals surface area contributed by atoms with Gasteiger partial charge >= 0.3 is 11.9 Å². The maximum absolute atomic E-state index is 13.1. The molecular formula is C21H32N2O6S2. The smallest absolute Gasteiger partial charge is 0.336 e. The maximum atomic E-state index is 13.1. The third-order valence-electron chi connectivity index (χ3n) is 5.77. The minimum Gasteiger partial charge on any atom is -0.461 e. The molecule has 0 aromatic carbocycles. The van der Waals surface area contributed by atoms with E-state index < -0.39 is 29.8 Å². The number of hydrogen-bond donors (Lipinski definition) is 1. The van der Waals surface area contributed by atoms with Crippen molar-refractivity contribution in [3.05, 3.63) is 32.7 Å². The zero-order valence-electron chi connectivity index (χ0n) is 18.6. The number of ether oxygens (including phenoxy) is 2. The van der Waals surface area contributed by atoms with Gasteiger partial charge in [0.05, 0.1) is 11.1 Å². The van der Waals surface area contributed by atoms with Crippen LogP contribution in [0.1, 0.15) is 39.5 Å². The van der Waals surface area contributed by atoms with Crippen LogP contribution in [0.25, 0.3) is 0 Å². The highest BCUT2D eigenvalue weighted by molar-refractivity contribution is 7.98. The lowest BCUT2D eigenvalue weighted by atomic mass is 9.68. The predicted molar refractivity (Wildman–Crippen MR) is 123 cm³/mol. The third-order valence-corrected chi connectivity index (χ3v) is 6.92. The van der Waals surface area contributed by atoms with Gasteiger partial charge in [-0.05, 0) is 39.2 Å². The quantitative estimate of drug-likeness (QED) is 0.221. The van der Waals surface area contributed by atoms with Crippen LogP contribution < -0.4 is 5.32 Å². The Morgan fingerprint density at radius 2 is 1.48 bits per heavy atom. The summed E-state index contributed by atoms with van der Waals surface area (Å²) in [6.07, 6.45) is 6.42. The summed E-state index contributed by atoms with van der Waals surface area (Å²) in [6.45, 7) is 3.98. The second-order valence-corrected chi connectivity index (χ2v) is 9.71. The number of esters is 2. The summed E-state index contributed by atoms with van der Waals surface area (Å²) in [4.78, 5) is 37.7. The zero-order chi connectivity index (χ0) is 23.0. The van der Waals surface area contributed by atoms with E-state index in [-0.39, 0.29) is 18.1 Å². The SMILES string of the molecule is CSCCOC(=O)C1=C(C)NC(C)=C(C(=O)OCCSC)C1C1CCCCC1[N+](=O)[O-]. The van der Waals surface area contributed by atoms with Gasteiger partial charge in [0, 0.05) is 46.1 Å². The van der Waals surface area contributed by atoms with Crippen molar-refractivity contribution in [2.24, 2.45) is 11.8 Å². The van der Waals surface area contributed by atoms with Crippen LogP contribution in [-0.2, 0) is 19.1 Å². The van der Waals surface area contributed by atoms with E-state index >= 15 is 0 Å². The maximum Gasteiger partial charge on any atom is 0.336 e. The molecule has 1 aliphatic carbocycles. The largest absolute Gasteiger partial charge is 0.461 e. The van der Waals surface area contributed by atoms with Crippen molar-refractivity contribution in [2.75, 3.05) is 37.2 Å². The van der Waals surface area contributed by atoms with Gasteiger partial charge in [0.2, 0.25) is 6.04 Å². The first kappa shape index (κ1) is 25.6. The average molecular weight is 473 g/mol. The molecular weight excluding hydrogens is 440 g/mol. The second-order valence-electron chi connectivity index (χ2n) is 7.74. The Labute approximate surface area is 192 Å². The Morgan fingerprint density at radius 1 is 1.00 bits per heavy atom. The van der Waals surface area contributed by atoms with E-state index in [2.05, 4.69) is 5.32 Å².